The molecule has 0 aliphatic rings. The van der Waals surface area contributed by atoms with Crippen molar-refractivity contribution in [3.63, 3.8) is 0 Å². The number of esters is 1. The van der Waals surface area contributed by atoms with E-state index in [-0.39, 0.29) is 12.5 Å². The maximum atomic E-state index is 12.6. The van der Waals surface area contributed by atoms with Gasteiger partial charge in [-0.05, 0) is 41.8 Å². The van der Waals surface area contributed by atoms with Crippen LogP contribution in [0.1, 0.15) is 16.7 Å². The van der Waals surface area contributed by atoms with Gasteiger partial charge in [0, 0.05) is 12.6 Å². The third kappa shape index (κ3) is 5.48. The summed E-state index contributed by atoms with van der Waals surface area (Å²) in [5.74, 6) is -0.00545. The Balaban J connectivity index is 2.17. The molecule has 5 heteroatoms. The maximum absolute atomic E-state index is 12.6. The van der Waals surface area contributed by atoms with Crippen LogP contribution in [-0.4, -0.2) is 37.5 Å². The highest BCUT2D eigenvalue weighted by Crippen LogP contribution is 2.15. The Morgan fingerprint density at radius 3 is 2.54 bits per heavy atom. The first-order chi connectivity index (χ1) is 12.5. The van der Waals surface area contributed by atoms with Crippen molar-refractivity contribution in [3.8, 4) is 5.75 Å². The summed E-state index contributed by atoms with van der Waals surface area (Å²) < 4.78 is 9.90. The molecule has 0 aliphatic heterocycles. The van der Waals surface area contributed by atoms with E-state index in [1.54, 1.807) is 13.2 Å². The average molecular weight is 353 g/mol. The van der Waals surface area contributed by atoms with Crippen LogP contribution < -0.4 is 4.74 Å². The van der Waals surface area contributed by atoms with Crippen molar-refractivity contribution in [1.82, 2.24) is 4.90 Å². The average Bonchev–Trinajstić information content (AvgIpc) is 2.67. The molecule has 0 unspecified atom stereocenters. The Morgan fingerprint density at radius 2 is 1.85 bits per heavy atom. The number of rotatable bonds is 7. The monoisotopic (exact) mass is 353 g/mol. The molecule has 26 heavy (non-hydrogen) atoms. The molecule has 1 amide bonds. The second kappa shape index (κ2) is 9.42. The molecular weight excluding hydrogens is 330 g/mol. The zero-order valence-electron chi connectivity index (χ0n) is 15.3. The van der Waals surface area contributed by atoms with Crippen LogP contribution in [0.2, 0.25) is 0 Å². The highest BCUT2D eigenvalue weighted by atomic mass is 16.5. The van der Waals surface area contributed by atoms with E-state index in [4.69, 9.17) is 9.47 Å². The fourth-order valence-corrected chi connectivity index (χ4v) is 2.44. The Kier molecular flexibility index (Phi) is 6.97. The lowest BCUT2D eigenvalue weighted by atomic mass is 10.1. The molecule has 2 rings (SSSR count). The largest absolute Gasteiger partial charge is 0.497 e. The van der Waals surface area contributed by atoms with Crippen molar-refractivity contribution in [2.24, 2.45) is 0 Å². The summed E-state index contributed by atoms with van der Waals surface area (Å²) in [5, 5.41) is 0. The summed E-state index contributed by atoms with van der Waals surface area (Å²) in [6, 6.07) is 15.2. The van der Waals surface area contributed by atoms with Gasteiger partial charge in [0.2, 0.25) is 5.91 Å². The molecule has 136 valence electrons. The highest BCUT2D eigenvalue weighted by Gasteiger charge is 2.16. The van der Waals surface area contributed by atoms with Gasteiger partial charge in [0.1, 0.15) is 12.3 Å². The summed E-state index contributed by atoms with van der Waals surface area (Å²) >= 11 is 0. The van der Waals surface area contributed by atoms with Crippen LogP contribution in [0.4, 0.5) is 0 Å². The Hall–Kier alpha value is -3.08. The third-order valence-electron chi connectivity index (χ3n) is 3.99. The van der Waals surface area contributed by atoms with Crippen molar-refractivity contribution in [3.05, 3.63) is 71.3 Å². The second-order valence-electron chi connectivity index (χ2n) is 5.81. The number of carbonyl (C=O) groups is 2. The number of benzene rings is 2. The van der Waals surface area contributed by atoms with Crippen molar-refractivity contribution in [2.75, 3.05) is 20.8 Å². The van der Waals surface area contributed by atoms with E-state index in [1.165, 1.54) is 18.1 Å². The zero-order valence-corrected chi connectivity index (χ0v) is 15.3. The summed E-state index contributed by atoms with van der Waals surface area (Å²) in [7, 11) is 2.90. The lowest BCUT2D eigenvalue weighted by Gasteiger charge is -2.21. The van der Waals surface area contributed by atoms with E-state index in [9.17, 15) is 9.59 Å². The topological polar surface area (TPSA) is 55.8 Å². The van der Waals surface area contributed by atoms with Gasteiger partial charge in [0.15, 0.2) is 0 Å². The van der Waals surface area contributed by atoms with E-state index in [0.29, 0.717) is 12.3 Å². The van der Waals surface area contributed by atoms with E-state index < -0.39 is 5.97 Å². The molecule has 0 bridgehead atoms. The Bertz CT molecular complexity index is 798. The summed E-state index contributed by atoms with van der Waals surface area (Å²) in [5.41, 5.74) is 2.89. The van der Waals surface area contributed by atoms with Crippen LogP contribution in [0.15, 0.2) is 54.6 Å². The fraction of sp³-hybridized carbons (Fsp3) is 0.238. The summed E-state index contributed by atoms with van der Waals surface area (Å²) in [6.07, 6.45) is 3.16. The minimum Gasteiger partial charge on any atom is -0.497 e. The number of methoxy groups -OCH3 is 2. The molecular formula is C21H23NO4. The first-order valence-corrected chi connectivity index (χ1v) is 8.26. The standard InChI is InChI=1S/C21H23NO4/c1-16-7-4-5-9-18(16)14-22(15-21(24)26-3)20(23)12-11-17-8-6-10-19(13-17)25-2/h4-13H,14-15H2,1-3H3/b12-11+. The molecule has 0 N–H and O–H groups in total. The molecule has 0 atom stereocenters. The number of ether oxygens (including phenoxy) is 2. The molecule has 0 heterocycles. The van der Waals surface area contributed by atoms with Crippen LogP contribution in [-0.2, 0) is 20.9 Å². The number of nitrogens with zero attached hydrogens (tertiary/aromatic N) is 1. The van der Waals surface area contributed by atoms with Gasteiger partial charge in [-0.25, -0.2) is 0 Å². The van der Waals surface area contributed by atoms with Gasteiger partial charge in [-0.15, -0.1) is 0 Å². The van der Waals surface area contributed by atoms with Crippen LogP contribution in [0.5, 0.6) is 5.75 Å². The van der Waals surface area contributed by atoms with Crippen LogP contribution in [0, 0.1) is 6.92 Å². The van der Waals surface area contributed by atoms with E-state index in [1.807, 2.05) is 55.5 Å². The van der Waals surface area contributed by atoms with Gasteiger partial charge in [0.25, 0.3) is 0 Å². The van der Waals surface area contributed by atoms with Gasteiger partial charge in [0.05, 0.1) is 14.2 Å². The molecule has 0 saturated heterocycles. The zero-order chi connectivity index (χ0) is 18.9. The van der Waals surface area contributed by atoms with Gasteiger partial charge in [-0.2, -0.15) is 0 Å². The maximum Gasteiger partial charge on any atom is 0.325 e. The molecule has 0 spiro atoms. The normalized spacial score (nSPS) is 10.6. The van der Waals surface area contributed by atoms with E-state index in [0.717, 1.165) is 16.7 Å². The molecule has 0 aromatic heterocycles. The summed E-state index contributed by atoms with van der Waals surface area (Å²) in [4.78, 5) is 25.8. The lowest BCUT2D eigenvalue weighted by molar-refractivity contribution is -0.145. The number of carbonyl (C=O) groups excluding carboxylic acids is 2. The molecule has 0 saturated carbocycles. The number of aryl methyl sites for hydroxylation is 1. The molecule has 5 nitrogen and oxygen atoms in total. The number of amides is 1. The predicted octanol–water partition coefficient (Wildman–Crippen LogP) is 3.22. The molecule has 0 radical (unpaired) electrons. The van der Waals surface area contributed by atoms with Crippen LogP contribution in [0.3, 0.4) is 0 Å². The first kappa shape index (κ1) is 19.2. The van der Waals surface area contributed by atoms with Crippen LogP contribution in [0.25, 0.3) is 6.08 Å². The van der Waals surface area contributed by atoms with Gasteiger partial charge in [-0.1, -0.05) is 36.4 Å². The van der Waals surface area contributed by atoms with Crippen molar-refractivity contribution in [2.45, 2.75) is 13.5 Å². The van der Waals surface area contributed by atoms with Crippen molar-refractivity contribution in [1.29, 1.82) is 0 Å². The molecule has 2 aromatic carbocycles. The summed E-state index contributed by atoms with van der Waals surface area (Å²) in [6.45, 7) is 2.21. The van der Waals surface area contributed by atoms with Gasteiger partial charge < -0.3 is 14.4 Å². The Morgan fingerprint density at radius 1 is 1.08 bits per heavy atom. The first-order valence-electron chi connectivity index (χ1n) is 8.26. The van der Waals surface area contributed by atoms with Crippen LogP contribution >= 0.6 is 0 Å². The van der Waals surface area contributed by atoms with Gasteiger partial charge in [-0.3, -0.25) is 9.59 Å². The molecule has 0 aliphatic carbocycles. The van der Waals surface area contributed by atoms with Crippen molar-refractivity contribution >= 4 is 18.0 Å². The SMILES string of the molecule is COC(=O)CN(Cc1ccccc1C)C(=O)/C=C/c1cccc(OC)c1. The number of hydrogen-bond donors (Lipinski definition) is 0. The second-order valence-corrected chi connectivity index (χ2v) is 5.81. The Labute approximate surface area is 153 Å². The predicted molar refractivity (Wildman–Crippen MR) is 101 cm³/mol. The highest BCUT2D eigenvalue weighted by molar-refractivity contribution is 5.93. The van der Waals surface area contributed by atoms with Crippen molar-refractivity contribution < 1.29 is 19.1 Å². The minimum absolute atomic E-state index is 0.105. The molecule has 0 fully saturated rings. The van der Waals surface area contributed by atoms with E-state index >= 15 is 0 Å². The third-order valence-corrected chi connectivity index (χ3v) is 3.99. The lowest BCUT2D eigenvalue weighted by Crippen LogP contribution is -2.34. The van der Waals surface area contributed by atoms with E-state index in [2.05, 4.69) is 0 Å². The van der Waals surface area contributed by atoms with Gasteiger partial charge >= 0.3 is 5.97 Å². The number of hydrogen-bond acceptors (Lipinski definition) is 4. The molecule has 2 aromatic rings. The fourth-order valence-electron chi connectivity index (χ4n) is 2.44. The minimum atomic E-state index is -0.457. The quantitative estimate of drug-likeness (QED) is 0.566. The smallest absolute Gasteiger partial charge is 0.325 e.